The molecule has 2 aliphatic rings. The van der Waals surface area contributed by atoms with Crippen LogP contribution in [0.2, 0.25) is 10.0 Å². The zero-order valence-corrected chi connectivity index (χ0v) is 19.7. The standard InChI is InChI=1S/C23H26Cl2N2O3S/c1-2-31(29,30)27-11-9-23(10-12-27)17(13-16-5-3-4-6-20(16)23)15-26-22(28)19-8-7-18(24)14-21(19)25/h3-8,14,17H,2,9-13,15H2,1H3,(H,26,28). The molecule has 1 atom stereocenters. The number of benzene rings is 2. The van der Waals surface area contributed by atoms with Crippen molar-refractivity contribution < 1.29 is 13.2 Å². The minimum atomic E-state index is -3.19. The number of rotatable bonds is 5. The second-order valence-electron chi connectivity index (χ2n) is 8.35. The predicted molar refractivity (Wildman–Crippen MR) is 124 cm³/mol. The Labute approximate surface area is 193 Å². The normalized spacial score (nSPS) is 20.5. The van der Waals surface area contributed by atoms with Crippen LogP contribution in [0.4, 0.5) is 0 Å². The summed E-state index contributed by atoms with van der Waals surface area (Å²) in [5.74, 6) is 0.1000. The van der Waals surface area contributed by atoms with Crippen molar-refractivity contribution in [3.05, 3.63) is 69.2 Å². The number of halogens is 2. The molecule has 1 amide bonds. The molecule has 1 aliphatic carbocycles. The van der Waals surface area contributed by atoms with E-state index in [1.807, 2.05) is 12.1 Å². The van der Waals surface area contributed by atoms with Gasteiger partial charge in [-0.05, 0) is 61.4 Å². The summed E-state index contributed by atoms with van der Waals surface area (Å²) >= 11 is 12.1. The lowest BCUT2D eigenvalue weighted by molar-refractivity contribution is 0.0930. The van der Waals surface area contributed by atoms with Crippen LogP contribution < -0.4 is 5.32 Å². The van der Waals surface area contributed by atoms with Gasteiger partial charge >= 0.3 is 0 Å². The first-order chi connectivity index (χ1) is 14.8. The number of carbonyl (C=O) groups is 1. The topological polar surface area (TPSA) is 66.5 Å². The third-order valence-electron chi connectivity index (χ3n) is 6.86. The summed E-state index contributed by atoms with van der Waals surface area (Å²) in [6, 6.07) is 13.2. The fourth-order valence-corrected chi connectivity index (χ4v) is 6.74. The molecule has 1 unspecified atom stereocenters. The highest BCUT2D eigenvalue weighted by Gasteiger charge is 2.49. The molecule has 4 rings (SSSR count). The second-order valence-corrected chi connectivity index (χ2v) is 11.4. The van der Waals surface area contributed by atoms with Gasteiger partial charge in [-0.2, -0.15) is 0 Å². The Morgan fingerprint density at radius 2 is 1.87 bits per heavy atom. The SMILES string of the molecule is CCS(=O)(=O)N1CCC2(CC1)c1ccccc1CC2CNC(=O)c1ccc(Cl)cc1Cl. The molecule has 1 N–H and O–H groups in total. The first-order valence-electron chi connectivity index (χ1n) is 10.6. The molecule has 0 saturated carbocycles. The van der Waals surface area contributed by atoms with E-state index in [1.165, 1.54) is 11.1 Å². The van der Waals surface area contributed by atoms with Crippen LogP contribution in [0.25, 0.3) is 0 Å². The smallest absolute Gasteiger partial charge is 0.252 e. The van der Waals surface area contributed by atoms with Gasteiger partial charge in [0, 0.05) is 30.1 Å². The maximum atomic E-state index is 12.8. The zero-order chi connectivity index (χ0) is 22.2. The van der Waals surface area contributed by atoms with Crippen molar-refractivity contribution in [1.82, 2.24) is 9.62 Å². The number of nitrogens with zero attached hydrogens (tertiary/aromatic N) is 1. The lowest BCUT2D eigenvalue weighted by atomic mass is 9.68. The first kappa shape index (κ1) is 22.6. The fraction of sp³-hybridized carbons (Fsp3) is 0.435. The van der Waals surface area contributed by atoms with Gasteiger partial charge in [-0.15, -0.1) is 0 Å². The highest BCUT2D eigenvalue weighted by atomic mass is 35.5. The summed E-state index contributed by atoms with van der Waals surface area (Å²) in [6.45, 7) is 3.22. The van der Waals surface area contributed by atoms with Gasteiger partial charge in [-0.3, -0.25) is 4.79 Å². The lowest BCUT2D eigenvalue weighted by Gasteiger charge is -2.43. The van der Waals surface area contributed by atoms with E-state index in [2.05, 4.69) is 17.4 Å². The van der Waals surface area contributed by atoms with E-state index in [9.17, 15) is 13.2 Å². The van der Waals surface area contributed by atoms with Crippen LogP contribution in [0.15, 0.2) is 42.5 Å². The van der Waals surface area contributed by atoms with Crippen molar-refractivity contribution in [2.24, 2.45) is 5.92 Å². The van der Waals surface area contributed by atoms with E-state index in [0.29, 0.717) is 35.2 Å². The van der Waals surface area contributed by atoms with Crippen molar-refractivity contribution in [2.45, 2.75) is 31.6 Å². The van der Waals surface area contributed by atoms with Crippen LogP contribution in [0.3, 0.4) is 0 Å². The van der Waals surface area contributed by atoms with Gasteiger partial charge in [0.1, 0.15) is 0 Å². The molecule has 0 bridgehead atoms. The zero-order valence-electron chi connectivity index (χ0n) is 17.4. The van der Waals surface area contributed by atoms with Crippen LogP contribution in [0.5, 0.6) is 0 Å². The van der Waals surface area contributed by atoms with Gasteiger partial charge in [0.25, 0.3) is 5.91 Å². The summed E-state index contributed by atoms with van der Waals surface area (Å²) in [6.07, 6.45) is 2.38. The van der Waals surface area contributed by atoms with Crippen LogP contribution in [0, 0.1) is 5.92 Å². The fourth-order valence-electron chi connectivity index (χ4n) is 5.14. The minimum absolute atomic E-state index is 0.123. The van der Waals surface area contributed by atoms with Gasteiger partial charge in [-0.1, -0.05) is 47.5 Å². The number of amides is 1. The Kier molecular flexibility index (Phi) is 6.37. The molecular weight excluding hydrogens is 455 g/mol. The molecule has 1 fully saturated rings. The second kappa shape index (κ2) is 8.74. The molecule has 1 aliphatic heterocycles. The van der Waals surface area contributed by atoms with E-state index in [0.717, 1.165) is 19.3 Å². The molecule has 31 heavy (non-hydrogen) atoms. The Balaban J connectivity index is 1.54. The van der Waals surface area contributed by atoms with E-state index >= 15 is 0 Å². The summed E-state index contributed by atoms with van der Waals surface area (Å²) in [5.41, 5.74) is 2.86. The van der Waals surface area contributed by atoms with Crippen LogP contribution in [-0.4, -0.2) is 44.0 Å². The quantitative estimate of drug-likeness (QED) is 0.694. The molecule has 5 nitrogen and oxygen atoms in total. The number of carbonyl (C=O) groups excluding carboxylic acids is 1. The average Bonchev–Trinajstić information content (AvgIpc) is 3.05. The van der Waals surface area contributed by atoms with E-state index in [1.54, 1.807) is 29.4 Å². The summed E-state index contributed by atoms with van der Waals surface area (Å²) in [7, 11) is -3.19. The van der Waals surface area contributed by atoms with Crippen LogP contribution in [0.1, 0.15) is 41.3 Å². The van der Waals surface area contributed by atoms with Crippen molar-refractivity contribution in [1.29, 1.82) is 0 Å². The van der Waals surface area contributed by atoms with Crippen molar-refractivity contribution in [2.75, 3.05) is 25.4 Å². The monoisotopic (exact) mass is 480 g/mol. The number of hydrogen-bond acceptors (Lipinski definition) is 3. The van der Waals surface area contributed by atoms with Gasteiger partial charge < -0.3 is 5.32 Å². The highest BCUT2D eigenvalue weighted by Crippen LogP contribution is 2.50. The lowest BCUT2D eigenvalue weighted by Crippen LogP contribution is -2.49. The van der Waals surface area contributed by atoms with Crippen LogP contribution in [-0.2, 0) is 21.9 Å². The van der Waals surface area contributed by atoms with Crippen LogP contribution >= 0.6 is 23.2 Å². The van der Waals surface area contributed by atoms with Gasteiger partial charge in [0.2, 0.25) is 10.0 Å². The van der Waals surface area contributed by atoms with Crippen molar-refractivity contribution >= 4 is 39.1 Å². The Morgan fingerprint density at radius 3 is 2.55 bits per heavy atom. The van der Waals surface area contributed by atoms with E-state index in [4.69, 9.17) is 23.2 Å². The molecule has 0 radical (unpaired) electrons. The molecule has 166 valence electrons. The largest absolute Gasteiger partial charge is 0.352 e. The third kappa shape index (κ3) is 4.23. The molecule has 0 aromatic heterocycles. The molecule has 1 heterocycles. The molecular formula is C23H26Cl2N2O3S. The molecule has 2 aromatic rings. The van der Waals surface area contributed by atoms with Gasteiger partial charge in [0.15, 0.2) is 0 Å². The number of hydrogen-bond donors (Lipinski definition) is 1. The maximum Gasteiger partial charge on any atom is 0.252 e. The summed E-state index contributed by atoms with van der Waals surface area (Å²) < 4.78 is 26.3. The van der Waals surface area contributed by atoms with E-state index in [-0.39, 0.29) is 23.0 Å². The third-order valence-corrected chi connectivity index (χ3v) is 9.29. The molecule has 2 aromatic carbocycles. The number of sulfonamides is 1. The minimum Gasteiger partial charge on any atom is -0.352 e. The average molecular weight is 481 g/mol. The maximum absolute atomic E-state index is 12.8. The Bertz CT molecular complexity index is 1100. The summed E-state index contributed by atoms with van der Waals surface area (Å²) in [5, 5.41) is 3.87. The predicted octanol–water partition coefficient (Wildman–Crippen LogP) is 4.28. The van der Waals surface area contributed by atoms with Gasteiger partial charge in [-0.25, -0.2) is 12.7 Å². The van der Waals surface area contributed by atoms with Crippen molar-refractivity contribution in [3.8, 4) is 0 Å². The number of nitrogens with one attached hydrogen (secondary N) is 1. The molecule has 1 saturated heterocycles. The Hall–Kier alpha value is -1.60. The van der Waals surface area contributed by atoms with Gasteiger partial charge in [0.05, 0.1) is 16.3 Å². The first-order valence-corrected chi connectivity index (χ1v) is 12.9. The van der Waals surface area contributed by atoms with E-state index < -0.39 is 10.0 Å². The number of fused-ring (bicyclic) bond motifs is 2. The highest BCUT2D eigenvalue weighted by molar-refractivity contribution is 7.89. The molecule has 1 spiro atoms. The number of piperidine rings is 1. The Morgan fingerprint density at radius 1 is 1.16 bits per heavy atom. The molecule has 8 heteroatoms. The van der Waals surface area contributed by atoms with Crippen molar-refractivity contribution in [3.63, 3.8) is 0 Å². The summed E-state index contributed by atoms with van der Waals surface area (Å²) in [4.78, 5) is 12.8.